The second-order valence-corrected chi connectivity index (χ2v) is 12.7. The maximum atomic E-state index is 4.04. The Kier molecular flexibility index (Phi) is 3.26. The fraction of sp³-hybridized carbons (Fsp3) is 0.800. The molecule has 72 valence electrons. The van der Waals surface area contributed by atoms with Gasteiger partial charge in [0.1, 0.15) is 0 Å². The van der Waals surface area contributed by atoms with Crippen molar-refractivity contribution in [2.24, 2.45) is 0 Å². The molecule has 0 aromatic carbocycles. The van der Waals surface area contributed by atoms with Crippen LogP contribution in [-0.2, 0) is 6.54 Å². The van der Waals surface area contributed by atoms with Crippen molar-refractivity contribution >= 4 is 33.1 Å². The van der Waals surface area contributed by atoms with Crippen molar-refractivity contribution < 1.29 is 0 Å². The van der Waals surface area contributed by atoms with Gasteiger partial charge in [-0.3, -0.25) is 0 Å². The molecule has 0 spiro atoms. The van der Waals surface area contributed by atoms with Crippen LogP contribution in [0.15, 0.2) is 0 Å². The Hall–Kier alpha value is 0.790. The summed E-state index contributed by atoms with van der Waals surface area (Å²) in [6, 6.07) is 0. The summed E-state index contributed by atoms with van der Waals surface area (Å²) < 4.78 is 1.94. The van der Waals surface area contributed by atoms with Gasteiger partial charge >= 0.3 is 0 Å². The van der Waals surface area contributed by atoms with Gasteiger partial charge in [-0.15, -0.1) is 23.0 Å². The van der Waals surface area contributed by atoms with Crippen LogP contribution in [0.2, 0.25) is 0 Å². The average Bonchev–Trinajstić information content (AvgIpc) is 2.68. The molecule has 0 aliphatic carbocycles. The first-order valence-corrected chi connectivity index (χ1v) is 10.7. The van der Waals surface area contributed by atoms with E-state index in [1.807, 2.05) is 4.68 Å². The van der Waals surface area contributed by atoms with Crippen LogP contribution in [-0.4, -0.2) is 25.9 Å². The van der Waals surface area contributed by atoms with Crippen LogP contribution < -0.4 is 0 Å². The van der Waals surface area contributed by atoms with E-state index in [1.165, 1.54) is 0 Å². The number of nitrogens with zero attached hydrogens (tertiary/aromatic N) is 4. The maximum absolute atomic E-state index is 4.04. The molecule has 0 N–H and O–H groups in total. The summed E-state index contributed by atoms with van der Waals surface area (Å²) in [6.07, 6.45) is 0. The number of aromatic nitrogens is 4. The number of tetrazole rings is 1. The Morgan fingerprint density at radius 3 is 3.08 bits per heavy atom. The normalized spacial score (nSPS) is 29.8. The minimum atomic E-state index is 0.0393. The van der Waals surface area contributed by atoms with E-state index in [2.05, 4.69) is 40.3 Å². The molecule has 0 fully saturated rings. The standard InChI is InChI=1S/C5H12N4P4/c1-3-4(13(11)12-10)2-9-5(3)6-7-8-9/h3-4,12H,2,10-11H2,1H3/t3-,4-,13?/m1/s1. The predicted molar refractivity (Wildman–Crippen MR) is 64.7 cm³/mol. The molecule has 4 nitrogen and oxygen atoms in total. The van der Waals surface area contributed by atoms with Gasteiger partial charge in [-0.1, -0.05) is 22.2 Å². The van der Waals surface area contributed by atoms with Crippen molar-refractivity contribution in [2.45, 2.75) is 25.0 Å². The second kappa shape index (κ2) is 4.11. The second-order valence-electron chi connectivity index (χ2n) is 3.11. The van der Waals surface area contributed by atoms with Gasteiger partial charge in [0.2, 0.25) is 0 Å². The average molecular weight is 252 g/mol. The van der Waals surface area contributed by atoms with E-state index in [9.17, 15) is 0 Å². The van der Waals surface area contributed by atoms with Crippen molar-refractivity contribution in [3.63, 3.8) is 0 Å². The first-order valence-electron chi connectivity index (χ1n) is 4.00. The van der Waals surface area contributed by atoms with Gasteiger partial charge in [-0.2, -0.15) is 0 Å². The molecular formula is C5H12N4P4. The zero-order valence-corrected chi connectivity index (χ0v) is 11.5. The molecule has 13 heavy (non-hydrogen) atoms. The van der Waals surface area contributed by atoms with E-state index in [1.54, 1.807) is 0 Å². The van der Waals surface area contributed by atoms with E-state index in [-0.39, 0.29) is 7.30 Å². The van der Waals surface area contributed by atoms with E-state index in [0.717, 1.165) is 20.3 Å². The fourth-order valence-corrected chi connectivity index (χ4v) is 7.01. The van der Waals surface area contributed by atoms with Gasteiger partial charge in [0.25, 0.3) is 0 Å². The number of rotatable bonds is 2. The largest absolute Gasteiger partial charge is 0.229 e. The van der Waals surface area contributed by atoms with Crippen LogP contribution in [0.1, 0.15) is 18.7 Å². The van der Waals surface area contributed by atoms with E-state index in [4.69, 9.17) is 0 Å². The smallest absolute Gasteiger partial charge is 0.154 e. The lowest BCUT2D eigenvalue weighted by atomic mass is 10.1. The highest BCUT2D eigenvalue weighted by molar-refractivity contribution is 8.61. The Morgan fingerprint density at radius 2 is 2.46 bits per heavy atom. The van der Waals surface area contributed by atoms with E-state index >= 15 is 0 Å². The number of fused-ring (bicyclic) bond motifs is 1. The zero-order chi connectivity index (χ0) is 9.42. The highest BCUT2D eigenvalue weighted by Crippen LogP contribution is 2.72. The molecule has 0 saturated heterocycles. The Labute approximate surface area is 84.6 Å². The molecule has 8 heteroatoms. The van der Waals surface area contributed by atoms with Crippen LogP contribution >= 0.6 is 33.1 Å². The van der Waals surface area contributed by atoms with Crippen LogP contribution in [0.5, 0.6) is 0 Å². The van der Waals surface area contributed by atoms with Crippen molar-refractivity contribution in [1.82, 2.24) is 20.2 Å². The molecule has 0 saturated carbocycles. The molecule has 4 unspecified atom stereocenters. The van der Waals surface area contributed by atoms with Crippen LogP contribution in [0, 0.1) is 0 Å². The molecule has 1 aromatic rings. The van der Waals surface area contributed by atoms with Crippen molar-refractivity contribution in [3.05, 3.63) is 5.82 Å². The Bertz CT molecular complexity index is 302. The van der Waals surface area contributed by atoms with Crippen molar-refractivity contribution in [1.29, 1.82) is 0 Å². The lowest BCUT2D eigenvalue weighted by Crippen LogP contribution is -2.08. The SMILES string of the molecule is C[C@H]1c2nnnn2C[C@H]1P(P)PP. The topological polar surface area (TPSA) is 43.6 Å². The third-order valence-corrected chi connectivity index (χ3v) is 13.8. The molecular weight excluding hydrogens is 240 g/mol. The van der Waals surface area contributed by atoms with E-state index < -0.39 is 0 Å². The van der Waals surface area contributed by atoms with Gasteiger partial charge in [0.15, 0.2) is 5.82 Å². The number of hydrogen-bond donors (Lipinski definition) is 0. The van der Waals surface area contributed by atoms with Crippen molar-refractivity contribution in [2.75, 3.05) is 0 Å². The molecule has 2 heterocycles. The zero-order valence-electron chi connectivity index (χ0n) is 7.25. The number of hydrogen-bond acceptors (Lipinski definition) is 3. The van der Waals surface area contributed by atoms with Gasteiger partial charge in [-0.25, -0.2) is 4.68 Å². The summed E-state index contributed by atoms with van der Waals surface area (Å²) in [5.41, 5.74) is 0.717. The van der Waals surface area contributed by atoms with E-state index in [0.29, 0.717) is 11.6 Å². The first-order chi connectivity index (χ1) is 6.24. The molecule has 1 aromatic heterocycles. The molecule has 0 radical (unpaired) electrons. The Morgan fingerprint density at radius 1 is 1.69 bits per heavy atom. The summed E-state index contributed by atoms with van der Waals surface area (Å²) in [5.74, 6) is 1.58. The molecule has 1 aliphatic heterocycles. The third-order valence-electron chi connectivity index (χ3n) is 2.41. The lowest BCUT2D eigenvalue weighted by Gasteiger charge is -2.20. The monoisotopic (exact) mass is 252 g/mol. The Balaban J connectivity index is 2.19. The summed E-state index contributed by atoms with van der Waals surface area (Å²) in [4.78, 5) is 0. The molecule has 0 bridgehead atoms. The predicted octanol–water partition coefficient (Wildman–Crippen LogP) is 1.81. The third kappa shape index (κ3) is 1.80. The van der Waals surface area contributed by atoms with Gasteiger partial charge < -0.3 is 0 Å². The molecule has 2 rings (SSSR count). The van der Waals surface area contributed by atoms with Crippen LogP contribution in [0.25, 0.3) is 0 Å². The van der Waals surface area contributed by atoms with Gasteiger partial charge in [0, 0.05) is 11.6 Å². The molecule has 6 atom stereocenters. The van der Waals surface area contributed by atoms with Crippen LogP contribution in [0.3, 0.4) is 0 Å². The lowest BCUT2D eigenvalue weighted by molar-refractivity contribution is 0.615. The minimum Gasteiger partial charge on any atom is -0.229 e. The molecule has 1 aliphatic rings. The first kappa shape index (κ1) is 10.3. The summed E-state index contributed by atoms with van der Waals surface area (Å²) in [5, 5.41) is 11.7. The fourth-order valence-electron chi connectivity index (χ4n) is 1.60. The quantitative estimate of drug-likeness (QED) is 0.754. The van der Waals surface area contributed by atoms with Crippen molar-refractivity contribution in [3.8, 4) is 0 Å². The summed E-state index contributed by atoms with van der Waals surface area (Å²) in [6.45, 7) is 3.23. The van der Waals surface area contributed by atoms with Gasteiger partial charge in [0.05, 0.1) is 6.54 Å². The van der Waals surface area contributed by atoms with Crippen LogP contribution in [0.4, 0.5) is 0 Å². The minimum absolute atomic E-state index is 0.0393. The molecule has 0 amide bonds. The highest BCUT2D eigenvalue weighted by atomic mass is 32.6. The maximum Gasteiger partial charge on any atom is 0.154 e. The summed E-state index contributed by atoms with van der Waals surface area (Å²) >= 11 is 0. The summed E-state index contributed by atoms with van der Waals surface area (Å²) in [7, 11) is 6.81. The van der Waals surface area contributed by atoms with Gasteiger partial charge in [-0.05, 0) is 10.4 Å². The highest BCUT2D eigenvalue weighted by Gasteiger charge is 2.35.